The SMILES string of the molecule is Cc1ncccc1-c1nnc(CCl)o1. The van der Waals surface area contributed by atoms with Gasteiger partial charge in [-0.2, -0.15) is 0 Å². The summed E-state index contributed by atoms with van der Waals surface area (Å²) < 4.78 is 5.31. The maximum absolute atomic E-state index is 5.56. The Labute approximate surface area is 85.9 Å². The van der Waals surface area contributed by atoms with Crippen LogP contribution in [0.2, 0.25) is 0 Å². The van der Waals surface area contributed by atoms with Gasteiger partial charge in [-0.05, 0) is 19.1 Å². The van der Waals surface area contributed by atoms with Crippen LogP contribution in [0.3, 0.4) is 0 Å². The van der Waals surface area contributed by atoms with Crippen LogP contribution in [0.15, 0.2) is 22.7 Å². The molecule has 0 aliphatic carbocycles. The third kappa shape index (κ3) is 1.61. The topological polar surface area (TPSA) is 51.8 Å². The van der Waals surface area contributed by atoms with Crippen LogP contribution in [0.5, 0.6) is 0 Å². The quantitative estimate of drug-likeness (QED) is 0.712. The molecule has 0 N–H and O–H groups in total. The first-order chi connectivity index (χ1) is 6.81. The van der Waals surface area contributed by atoms with Gasteiger partial charge in [0, 0.05) is 11.9 Å². The van der Waals surface area contributed by atoms with Crippen LogP contribution >= 0.6 is 11.6 Å². The Hall–Kier alpha value is -1.42. The molecule has 0 bridgehead atoms. The van der Waals surface area contributed by atoms with Gasteiger partial charge in [0.1, 0.15) is 5.88 Å². The number of pyridine rings is 1. The zero-order valence-electron chi connectivity index (χ0n) is 7.57. The molecule has 0 atom stereocenters. The second-order valence-electron chi connectivity index (χ2n) is 2.77. The fourth-order valence-electron chi connectivity index (χ4n) is 1.13. The fourth-order valence-corrected chi connectivity index (χ4v) is 1.23. The van der Waals surface area contributed by atoms with Gasteiger partial charge < -0.3 is 4.42 Å². The van der Waals surface area contributed by atoms with E-state index in [9.17, 15) is 0 Å². The molecule has 72 valence electrons. The van der Waals surface area contributed by atoms with Gasteiger partial charge in [0.2, 0.25) is 11.8 Å². The Bertz CT molecular complexity index is 441. The summed E-state index contributed by atoms with van der Waals surface area (Å²) in [6.07, 6.45) is 1.72. The van der Waals surface area contributed by atoms with Crippen molar-refractivity contribution in [3.8, 4) is 11.5 Å². The Morgan fingerprint density at radius 2 is 2.29 bits per heavy atom. The van der Waals surface area contributed by atoms with E-state index in [4.69, 9.17) is 16.0 Å². The van der Waals surface area contributed by atoms with E-state index in [1.165, 1.54) is 0 Å². The van der Waals surface area contributed by atoms with E-state index in [-0.39, 0.29) is 5.88 Å². The van der Waals surface area contributed by atoms with E-state index in [0.29, 0.717) is 11.8 Å². The number of rotatable bonds is 2. The highest BCUT2D eigenvalue weighted by atomic mass is 35.5. The Morgan fingerprint density at radius 1 is 1.43 bits per heavy atom. The molecule has 0 fully saturated rings. The zero-order chi connectivity index (χ0) is 9.97. The summed E-state index contributed by atoms with van der Waals surface area (Å²) in [5.74, 6) is 1.11. The summed E-state index contributed by atoms with van der Waals surface area (Å²) in [5.41, 5.74) is 1.70. The molecule has 0 spiro atoms. The summed E-state index contributed by atoms with van der Waals surface area (Å²) >= 11 is 5.56. The van der Waals surface area contributed by atoms with Crippen LogP contribution in [0.1, 0.15) is 11.6 Å². The lowest BCUT2D eigenvalue weighted by Crippen LogP contribution is -1.86. The molecule has 0 radical (unpaired) electrons. The van der Waals surface area contributed by atoms with Crippen LogP contribution in [0.25, 0.3) is 11.5 Å². The molecule has 4 nitrogen and oxygen atoms in total. The summed E-state index contributed by atoms with van der Waals surface area (Å²) in [6, 6.07) is 3.71. The highest BCUT2D eigenvalue weighted by molar-refractivity contribution is 6.16. The molecule has 0 aliphatic heterocycles. The Morgan fingerprint density at radius 3 is 2.93 bits per heavy atom. The normalized spacial score (nSPS) is 10.4. The van der Waals surface area contributed by atoms with E-state index in [2.05, 4.69) is 15.2 Å². The van der Waals surface area contributed by atoms with Crippen molar-refractivity contribution >= 4 is 11.6 Å². The van der Waals surface area contributed by atoms with Crippen molar-refractivity contribution in [2.24, 2.45) is 0 Å². The first-order valence-corrected chi connectivity index (χ1v) is 4.65. The summed E-state index contributed by atoms with van der Waals surface area (Å²) in [7, 11) is 0. The highest BCUT2D eigenvalue weighted by Gasteiger charge is 2.09. The van der Waals surface area contributed by atoms with E-state index in [1.807, 2.05) is 19.1 Å². The minimum Gasteiger partial charge on any atom is -0.419 e. The predicted octanol–water partition coefficient (Wildman–Crippen LogP) is 2.18. The van der Waals surface area contributed by atoms with Crippen molar-refractivity contribution in [1.82, 2.24) is 15.2 Å². The maximum atomic E-state index is 5.56. The largest absolute Gasteiger partial charge is 0.419 e. The highest BCUT2D eigenvalue weighted by Crippen LogP contribution is 2.20. The summed E-state index contributed by atoms with van der Waals surface area (Å²) in [5, 5.41) is 7.65. The minimum atomic E-state index is 0.228. The molecule has 0 amide bonds. The lowest BCUT2D eigenvalue weighted by atomic mass is 10.2. The number of hydrogen-bond donors (Lipinski definition) is 0. The number of halogens is 1. The van der Waals surface area contributed by atoms with Crippen molar-refractivity contribution in [3.05, 3.63) is 29.9 Å². The van der Waals surface area contributed by atoms with E-state index in [1.54, 1.807) is 6.20 Å². The second kappa shape index (κ2) is 3.75. The summed E-state index contributed by atoms with van der Waals surface area (Å²) in [4.78, 5) is 4.13. The number of nitrogens with zero attached hydrogens (tertiary/aromatic N) is 3. The Kier molecular flexibility index (Phi) is 2.45. The molecule has 0 saturated heterocycles. The molecule has 2 aromatic heterocycles. The number of alkyl halides is 1. The van der Waals surface area contributed by atoms with Crippen molar-refractivity contribution in [2.75, 3.05) is 0 Å². The van der Waals surface area contributed by atoms with Crippen molar-refractivity contribution in [2.45, 2.75) is 12.8 Å². The van der Waals surface area contributed by atoms with Crippen LogP contribution in [-0.4, -0.2) is 15.2 Å². The maximum Gasteiger partial charge on any atom is 0.249 e. The van der Waals surface area contributed by atoms with Gasteiger partial charge in [-0.15, -0.1) is 21.8 Å². The molecule has 0 aliphatic rings. The van der Waals surface area contributed by atoms with Crippen LogP contribution in [0, 0.1) is 6.92 Å². The zero-order valence-corrected chi connectivity index (χ0v) is 8.32. The van der Waals surface area contributed by atoms with Crippen molar-refractivity contribution in [1.29, 1.82) is 0 Å². The van der Waals surface area contributed by atoms with Crippen LogP contribution < -0.4 is 0 Å². The monoisotopic (exact) mass is 209 g/mol. The molecular weight excluding hydrogens is 202 g/mol. The lowest BCUT2D eigenvalue weighted by Gasteiger charge is -1.97. The van der Waals surface area contributed by atoms with Gasteiger partial charge in [-0.3, -0.25) is 4.98 Å². The van der Waals surface area contributed by atoms with Crippen molar-refractivity contribution in [3.63, 3.8) is 0 Å². The molecule has 2 heterocycles. The van der Waals surface area contributed by atoms with Gasteiger partial charge in [-0.1, -0.05) is 0 Å². The molecule has 2 rings (SSSR count). The second-order valence-corrected chi connectivity index (χ2v) is 3.04. The predicted molar refractivity (Wildman–Crippen MR) is 51.8 cm³/mol. The Balaban J connectivity index is 2.44. The standard InChI is InChI=1S/C9H8ClN3O/c1-6-7(3-2-4-11-6)9-13-12-8(5-10)14-9/h2-4H,5H2,1H3. The number of aryl methyl sites for hydroxylation is 1. The third-order valence-corrected chi connectivity index (χ3v) is 2.05. The summed E-state index contributed by atoms with van der Waals surface area (Å²) in [6.45, 7) is 1.89. The lowest BCUT2D eigenvalue weighted by molar-refractivity contribution is 0.526. The van der Waals surface area contributed by atoms with Crippen LogP contribution in [-0.2, 0) is 5.88 Å². The van der Waals surface area contributed by atoms with Crippen LogP contribution in [0.4, 0.5) is 0 Å². The molecule has 5 heteroatoms. The number of aromatic nitrogens is 3. The average molecular weight is 210 g/mol. The van der Waals surface area contributed by atoms with Gasteiger partial charge in [-0.25, -0.2) is 0 Å². The third-order valence-electron chi connectivity index (χ3n) is 1.82. The first kappa shape index (κ1) is 9.15. The average Bonchev–Trinajstić information content (AvgIpc) is 2.67. The van der Waals surface area contributed by atoms with Gasteiger partial charge in [0.25, 0.3) is 0 Å². The van der Waals surface area contributed by atoms with Gasteiger partial charge >= 0.3 is 0 Å². The molecule has 2 aromatic rings. The minimum absolute atomic E-state index is 0.228. The fraction of sp³-hybridized carbons (Fsp3) is 0.222. The molecule has 14 heavy (non-hydrogen) atoms. The van der Waals surface area contributed by atoms with Gasteiger partial charge in [0.15, 0.2) is 0 Å². The van der Waals surface area contributed by atoms with Gasteiger partial charge in [0.05, 0.1) is 5.56 Å². The van der Waals surface area contributed by atoms with Crippen molar-refractivity contribution < 1.29 is 4.42 Å². The van der Waals surface area contributed by atoms with E-state index in [0.717, 1.165) is 11.3 Å². The van der Waals surface area contributed by atoms with E-state index < -0.39 is 0 Å². The molecule has 0 saturated carbocycles. The van der Waals surface area contributed by atoms with E-state index >= 15 is 0 Å². The number of hydrogen-bond acceptors (Lipinski definition) is 4. The molecular formula is C9H8ClN3O. The smallest absolute Gasteiger partial charge is 0.249 e. The molecule has 0 aromatic carbocycles. The molecule has 0 unspecified atom stereocenters. The first-order valence-electron chi connectivity index (χ1n) is 4.11.